The van der Waals surface area contributed by atoms with Crippen LogP contribution in [-0.4, -0.2) is 14.5 Å². The highest BCUT2D eigenvalue weighted by atomic mass is 32.2. The molecule has 0 bridgehead atoms. The molecule has 0 aliphatic carbocycles. The average molecular weight is 349 g/mol. The highest BCUT2D eigenvalue weighted by Crippen LogP contribution is 2.35. The van der Waals surface area contributed by atoms with E-state index in [1.807, 2.05) is 0 Å². The molecule has 0 fully saturated rings. The van der Waals surface area contributed by atoms with Crippen LogP contribution in [0.1, 0.15) is 5.69 Å². The molecule has 3 aromatic rings. The van der Waals surface area contributed by atoms with Gasteiger partial charge in [-0.15, -0.1) is 22.7 Å². The van der Waals surface area contributed by atoms with Gasteiger partial charge in [0.25, 0.3) is 5.56 Å². The zero-order chi connectivity index (χ0) is 15.2. The van der Waals surface area contributed by atoms with Crippen molar-refractivity contribution in [2.75, 3.05) is 0 Å². The molecule has 0 saturated carbocycles. The summed E-state index contributed by atoms with van der Waals surface area (Å²) in [6, 6.07) is 1.68. The maximum Gasteiger partial charge on any atom is 0.434 e. The molecule has 0 aliphatic heterocycles. The quantitative estimate of drug-likeness (QED) is 0.663. The van der Waals surface area contributed by atoms with Gasteiger partial charge in [0.2, 0.25) is 0 Å². The molecular weight excluding hydrogens is 343 g/mol. The van der Waals surface area contributed by atoms with Crippen LogP contribution in [0, 0.1) is 0 Å². The summed E-state index contributed by atoms with van der Waals surface area (Å²) in [7, 11) is 1.53. The second kappa shape index (κ2) is 5.11. The van der Waals surface area contributed by atoms with Crippen LogP contribution in [0.25, 0.3) is 10.2 Å². The third kappa shape index (κ3) is 2.70. The standard InChI is InChI=1S/C11H6F3N3OS3/c1-17-8(18)5-2-3-19-7(5)16-9(17)21-10-15-6(4-20-10)11(12,13)14/h2-4H,1H3. The molecule has 0 radical (unpaired) electrons. The molecule has 0 atom stereocenters. The Morgan fingerprint density at radius 2 is 2.05 bits per heavy atom. The number of thiophene rings is 1. The Labute approximate surface area is 128 Å². The van der Waals surface area contributed by atoms with Gasteiger partial charge in [-0.3, -0.25) is 9.36 Å². The molecule has 3 aromatic heterocycles. The van der Waals surface area contributed by atoms with E-state index in [9.17, 15) is 18.0 Å². The first kappa shape index (κ1) is 14.5. The zero-order valence-corrected chi connectivity index (χ0v) is 12.8. The molecule has 0 amide bonds. The van der Waals surface area contributed by atoms with E-state index >= 15 is 0 Å². The van der Waals surface area contributed by atoms with E-state index in [1.165, 1.54) is 23.0 Å². The summed E-state index contributed by atoms with van der Waals surface area (Å²) < 4.78 is 39.1. The van der Waals surface area contributed by atoms with E-state index in [4.69, 9.17) is 0 Å². The first-order chi connectivity index (χ1) is 9.86. The maximum atomic E-state index is 12.5. The Morgan fingerprint density at radius 3 is 2.71 bits per heavy atom. The smallest absolute Gasteiger partial charge is 0.290 e. The van der Waals surface area contributed by atoms with Crippen molar-refractivity contribution in [3.8, 4) is 0 Å². The Morgan fingerprint density at radius 1 is 1.29 bits per heavy atom. The van der Waals surface area contributed by atoms with E-state index in [0.29, 0.717) is 15.4 Å². The fourth-order valence-electron chi connectivity index (χ4n) is 1.58. The lowest BCUT2D eigenvalue weighted by Crippen LogP contribution is -2.19. The molecule has 0 N–H and O–H groups in total. The van der Waals surface area contributed by atoms with Crippen molar-refractivity contribution in [3.05, 3.63) is 32.9 Å². The lowest BCUT2D eigenvalue weighted by atomic mass is 10.4. The third-order valence-corrected chi connectivity index (χ3v) is 5.41. The molecule has 0 aromatic carbocycles. The van der Waals surface area contributed by atoms with E-state index < -0.39 is 11.9 Å². The van der Waals surface area contributed by atoms with Gasteiger partial charge >= 0.3 is 6.18 Å². The first-order valence-electron chi connectivity index (χ1n) is 5.51. The van der Waals surface area contributed by atoms with Crippen LogP contribution in [0.5, 0.6) is 0 Å². The summed E-state index contributed by atoms with van der Waals surface area (Å²) in [5, 5.41) is 3.52. The number of hydrogen-bond donors (Lipinski definition) is 0. The third-order valence-electron chi connectivity index (χ3n) is 2.62. The highest BCUT2D eigenvalue weighted by molar-refractivity contribution is 8.00. The van der Waals surface area contributed by atoms with Crippen LogP contribution in [0.4, 0.5) is 13.2 Å². The lowest BCUT2D eigenvalue weighted by Gasteiger charge is -2.04. The highest BCUT2D eigenvalue weighted by Gasteiger charge is 2.33. The largest absolute Gasteiger partial charge is 0.434 e. The van der Waals surface area contributed by atoms with Gasteiger partial charge in [-0.05, 0) is 23.2 Å². The summed E-state index contributed by atoms with van der Waals surface area (Å²) in [6.07, 6.45) is -4.47. The fourth-order valence-corrected chi connectivity index (χ4v) is 4.16. The second-order valence-corrected chi connectivity index (χ2v) is 6.96. The van der Waals surface area contributed by atoms with Crippen LogP contribution >= 0.6 is 34.4 Å². The molecular formula is C11H6F3N3OS3. The van der Waals surface area contributed by atoms with Crippen molar-refractivity contribution < 1.29 is 13.2 Å². The van der Waals surface area contributed by atoms with Crippen molar-refractivity contribution in [2.24, 2.45) is 7.05 Å². The average Bonchev–Trinajstić information content (AvgIpc) is 3.03. The van der Waals surface area contributed by atoms with Crippen LogP contribution in [0.3, 0.4) is 0 Å². The van der Waals surface area contributed by atoms with Gasteiger partial charge in [-0.25, -0.2) is 9.97 Å². The number of fused-ring (bicyclic) bond motifs is 1. The van der Waals surface area contributed by atoms with Crippen molar-refractivity contribution in [1.82, 2.24) is 14.5 Å². The summed E-state index contributed by atoms with van der Waals surface area (Å²) in [5.74, 6) is 0. The van der Waals surface area contributed by atoms with E-state index in [2.05, 4.69) is 9.97 Å². The minimum atomic E-state index is -4.47. The summed E-state index contributed by atoms with van der Waals surface area (Å²) in [4.78, 5) is 20.5. The number of thiazole rings is 1. The molecule has 0 saturated heterocycles. The molecule has 4 nitrogen and oxygen atoms in total. The minimum Gasteiger partial charge on any atom is -0.290 e. The molecule has 0 unspecified atom stereocenters. The molecule has 10 heteroatoms. The van der Waals surface area contributed by atoms with Gasteiger partial charge in [0, 0.05) is 12.4 Å². The molecule has 3 rings (SSSR count). The monoisotopic (exact) mass is 349 g/mol. The normalized spacial score (nSPS) is 12.2. The van der Waals surface area contributed by atoms with E-state index in [-0.39, 0.29) is 9.90 Å². The number of rotatable bonds is 2. The Kier molecular flexibility index (Phi) is 3.54. The number of alkyl halides is 3. The van der Waals surface area contributed by atoms with Crippen LogP contribution in [-0.2, 0) is 13.2 Å². The van der Waals surface area contributed by atoms with Gasteiger partial charge in [-0.2, -0.15) is 13.2 Å². The van der Waals surface area contributed by atoms with E-state index in [0.717, 1.165) is 28.5 Å². The predicted molar refractivity (Wildman–Crippen MR) is 76.1 cm³/mol. The lowest BCUT2D eigenvalue weighted by molar-refractivity contribution is -0.141. The SMILES string of the molecule is Cn1c(Sc2nc(C(F)(F)F)cs2)nc2sccc2c1=O. The number of halogens is 3. The first-order valence-corrected chi connectivity index (χ1v) is 8.08. The number of hydrogen-bond acceptors (Lipinski definition) is 6. The Bertz CT molecular complexity index is 865. The van der Waals surface area contributed by atoms with Crippen LogP contribution < -0.4 is 5.56 Å². The topological polar surface area (TPSA) is 47.8 Å². The molecule has 110 valence electrons. The Hall–Kier alpha value is -1.39. The van der Waals surface area contributed by atoms with Gasteiger partial charge in [0.1, 0.15) is 4.83 Å². The molecule has 21 heavy (non-hydrogen) atoms. The zero-order valence-electron chi connectivity index (χ0n) is 10.3. The van der Waals surface area contributed by atoms with Crippen molar-refractivity contribution in [1.29, 1.82) is 0 Å². The van der Waals surface area contributed by atoms with Gasteiger partial charge in [-0.1, -0.05) is 0 Å². The fraction of sp³-hybridized carbons (Fsp3) is 0.182. The Balaban J connectivity index is 2.00. The number of aromatic nitrogens is 3. The van der Waals surface area contributed by atoms with Gasteiger partial charge in [0.15, 0.2) is 15.2 Å². The molecule has 3 heterocycles. The maximum absolute atomic E-state index is 12.5. The summed E-state index contributed by atoms with van der Waals surface area (Å²) >= 11 is 3.13. The van der Waals surface area contributed by atoms with Crippen molar-refractivity contribution >= 4 is 44.7 Å². The minimum absolute atomic E-state index is 0.195. The molecule has 0 aliphatic rings. The van der Waals surface area contributed by atoms with Crippen molar-refractivity contribution in [3.63, 3.8) is 0 Å². The summed E-state index contributed by atoms with van der Waals surface area (Å²) in [6.45, 7) is 0. The predicted octanol–water partition coefficient (Wildman–Crippen LogP) is 3.62. The number of nitrogens with zero attached hydrogens (tertiary/aromatic N) is 3. The van der Waals surface area contributed by atoms with Crippen LogP contribution in [0.2, 0.25) is 0 Å². The van der Waals surface area contributed by atoms with Gasteiger partial charge < -0.3 is 0 Å². The van der Waals surface area contributed by atoms with E-state index in [1.54, 1.807) is 11.4 Å². The summed E-state index contributed by atoms with van der Waals surface area (Å²) in [5.41, 5.74) is -1.16. The second-order valence-electron chi connectivity index (χ2n) is 4.00. The van der Waals surface area contributed by atoms with Crippen molar-refractivity contribution in [2.45, 2.75) is 15.7 Å². The van der Waals surface area contributed by atoms with Crippen LogP contribution in [0.15, 0.2) is 31.1 Å². The molecule has 0 spiro atoms. The van der Waals surface area contributed by atoms with Gasteiger partial charge in [0.05, 0.1) is 5.39 Å².